The quantitative estimate of drug-likeness (QED) is 0.771. The van der Waals surface area contributed by atoms with E-state index in [1.165, 1.54) is 16.7 Å². The average molecular weight is 244 g/mol. The van der Waals surface area contributed by atoms with E-state index in [0.717, 1.165) is 0 Å². The summed E-state index contributed by atoms with van der Waals surface area (Å²) in [5, 5.41) is 0. The summed E-state index contributed by atoms with van der Waals surface area (Å²) in [4.78, 5) is 4.18. The molecule has 5 heteroatoms. The number of halogens is 2. The van der Waals surface area contributed by atoms with Crippen LogP contribution in [0, 0.1) is 12.7 Å². The molecule has 0 saturated carbocycles. The van der Waals surface area contributed by atoms with Crippen LogP contribution >= 0.6 is 15.9 Å². The number of nitrogens with zero attached hydrogens (tertiary/aromatic N) is 2. The van der Waals surface area contributed by atoms with Gasteiger partial charge in [0.2, 0.25) is 0 Å². The van der Waals surface area contributed by atoms with Gasteiger partial charge >= 0.3 is 0 Å². The second-order valence-electron chi connectivity index (χ2n) is 2.78. The van der Waals surface area contributed by atoms with Gasteiger partial charge in [0.05, 0.1) is 10.2 Å². The summed E-state index contributed by atoms with van der Waals surface area (Å²) in [5.41, 5.74) is 7.02. The molecule has 2 heterocycles. The van der Waals surface area contributed by atoms with Crippen LogP contribution in [-0.4, -0.2) is 9.38 Å². The first kappa shape index (κ1) is 8.50. The van der Waals surface area contributed by atoms with Crippen molar-refractivity contribution in [1.82, 2.24) is 9.38 Å². The zero-order valence-electron chi connectivity index (χ0n) is 6.88. The maximum Gasteiger partial charge on any atom is 0.153 e. The Labute approximate surface area is 82.5 Å². The van der Waals surface area contributed by atoms with Crippen molar-refractivity contribution >= 4 is 27.4 Å². The first-order valence-corrected chi connectivity index (χ1v) is 4.48. The largest absolute Gasteiger partial charge is 0.383 e. The molecule has 68 valence electrons. The highest BCUT2D eigenvalue weighted by Crippen LogP contribution is 2.22. The average Bonchev–Trinajstić information content (AvgIpc) is 2.32. The third-order valence-corrected chi connectivity index (χ3v) is 2.45. The minimum absolute atomic E-state index is 0.344. The van der Waals surface area contributed by atoms with Gasteiger partial charge in [0, 0.05) is 6.20 Å². The molecule has 2 rings (SSSR count). The summed E-state index contributed by atoms with van der Waals surface area (Å²) in [5.74, 6) is 0.124. The van der Waals surface area contributed by atoms with Crippen LogP contribution in [0.2, 0.25) is 0 Å². The van der Waals surface area contributed by atoms with Crippen LogP contribution in [0.3, 0.4) is 0 Å². The molecule has 0 atom stereocenters. The van der Waals surface area contributed by atoms with Gasteiger partial charge in [-0.1, -0.05) is 0 Å². The van der Waals surface area contributed by atoms with Gasteiger partial charge in [-0.3, -0.25) is 4.40 Å². The molecule has 0 aromatic carbocycles. The van der Waals surface area contributed by atoms with Crippen molar-refractivity contribution in [2.45, 2.75) is 6.92 Å². The van der Waals surface area contributed by atoms with E-state index in [0.29, 0.717) is 21.6 Å². The van der Waals surface area contributed by atoms with Crippen molar-refractivity contribution in [3.05, 3.63) is 28.2 Å². The number of fused-ring (bicyclic) bond motifs is 1. The molecule has 2 N–H and O–H groups in total. The molecule has 0 spiro atoms. The molecular weight excluding hydrogens is 237 g/mol. The Morgan fingerprint density at radius 1 is 1.62 bits per heavy atom. The van der Waals surface area contributed by atoms with Crippen LogP contribution in [0.5, 0.6) is 0 Å². The van der Waals surface area contributed by atoms with Crippen LogP contribution in [-0.2, 0) is 0 Å². The highest BCUT2D eigenvalue weighted by Gasteiger charge is 2.09. The number of hydrogen-bond donors (Lipinski definition) is 1. The van der Waals surface area contributed by atoms with Gasteiger partial charge in [-0.05, 0) is 28.9 Å². The van der Waals surface area contributed by atoms with Crippen LogP contribution in [0.25, 0.3) is 5.65 Å². The highest BCUT2D eigenvalue weighted by molar-refractivity contribution is 9.10. The maximum absolute atomic E-state index is 13.0. The molecule has 0 saturated heterocycles. The second-order valence-corrected chi connectivity index (χ2v) is 3.64. The van der Waals surface area contributed by atoms with Crippen LogP contribution < -0.4 is 5.73 Å². The third-order valence-electron chi connectivity index (χ3n) is 1.86. The minimum Gasteiger partial charge on any atom is -0.383 e. The van der Waals surface area contributed by atoms with Crippen molar-refractivity contribution in [1.29, 1.82) is 0 Å². The zero-order valence-corrected chi connectivity index (χ0v) is 8.47. The van der Waals surface area contributed by atoms with Crippen LogP contribution in [0.4, 0.5) is 10.2 Å². The predicted octanol–water partition coefficient (Wildman–Crippen LogP) is 2.13. The molecule has 0 fully saturated rings. The summed E-state index contributed by atoms with van der Waals surface area (Å²) in [6.45, 7) is 1.78. The summed E-state index contributed by atoms with van der Waals surface area (Å²) < 4.78 is 15.1. The number of anilines is 1. The second kappa shape index (κ2) is 2.70. The number of aromatic nitrogens is 2. The number of rotatable bonds is 0. The van der Waals surface area contributed by atoms with E-state index in [-0.39, 0.29) is 5.82 Å². The van der Waals surface area contributed by atoms with Crippen LogP contribution in [0.1, 0.15) is 5.69 Å². The van der Waals surface area contributed by atoms with Crippen molar-refractivity contribution < 1.29 is 4.39 Å². The van der Waals surface area contributed by atoms with E-state index in [9.17, 15) is 4.39 Å². The molecule has 0 aliphatic carbocycles. The molecule has 3 nitrogen and oxygen atoms in total. The Morgan fingerprint density at radius 3 is 3.00 bits per heavy atom. The monoisotopic (exact) mass is 243 g/mol. The summed E-state index contributed by atoms with van der Waals surface area (Å²) in [7, 11) is 0. The zero-order chi connectivity index (χ0) is 9.59. The van der Waals surface area contributed by atoms with Gasteiger partial charge in [0.15, 0.2) is 5.65 Å². The van der Waals surface area contributed by atoms with Gasteiger partial charge < -0.3 is 5.73 Å². The normalized spacial score (nSPS) is 11.0. The Bertz CT molecular complexity index is 478. The topological polar surface area (TPSA) is 43.3 Å². The standard InChI is InChI=1S/C8H7BrFN3/c1-4-7(11)13-3-5(10)2-6(9)8(13)12-4/h2-3H,11H2,1H3. The van der Waals surface area contributed by atoms with Gasteiger partial charge in [0.1, 0.15) is 11.6 Å². The smallest absolute Gasteiger partial charge is 0.153 e. The molecule has 13 heavy (non-hydrogen) atoms. The molecule has 0 amide bonds. The minimum atomic E-state index is -0.344. The molecule has 0 bridgehead atoms. The number of nitrogen functional groups attached to an aromatic ring is 1. The third kappa shape index (κ3) is 1.19. The van der Waals surface area contributed by atoms with Gasteiger partial charge in [-0.2, -0.15) is 0 Å². The lowest BCUT2D eigenvalue weighted by molar-refractivity contribution is 0.618. The van der Waals surface area contributed by atoms with Crippen molar-refractivity contribution in [2.24, 2.45) is 0 Å². The van der Waals surface area contributed by atoms with Crippen LogP contribution in [0.15, 0.2) is 16.7 Å². The molecule has 0 radical (unpaired) electrons. The van der Waals surface area contributed by atoms with E-state index in [1.54, 1.807) is 6.92 Å². The number of pyridine rings is 1. The van der Waals surface area contributed by atoms with E-state index in [4.69, 9.17) is 5.73 Å². The maximum atomic E-state index is 13.0. The number of hydrogen-bond acceptors (Lipinski definition) is 2. The fraction of sp³-hybridized carbons (Fsp3) is 0.125. The Morgan fingerprint density at radius 2 is 2.31 bits per heavy atom. The lowest BCUT2D eigenvalue weighted by Crippen LogP contribution is -1.95. The number of imidazole rings is 1. The van der Waals surface area contributed by atoms with E-state index >= 15 is 0 Å². The number of aryl methyl sites for hydroxylation is 1. The van der Waals surface area contributed by atoms with E-state index in [1.807, 2.05) is 0 Å². The lowest BCUT2D eigenvalue weighted by atomic mass is 10.4. The van der Waals surface area contributed by atoms with Crippen molar-refractivity contribution in [3.8, 4) is 0 Å². The van der Waals surface area contributed by atoms with Gasteiger partial charge in [-0.15, -0.1) is 0 Å². The SMILES string of the molecule is Cc1nc2c(Br)cc(F)cn2c1N. The first-order valence-electron chi connectivity index (χ1n) is 3.69. The molecule has 0 aliphatic rings. The Kier molecular flexibility index (Phi) is 1.76. The molecule has 2 aromatic rings. The first-order chi connectivity index (χ1) is 6.09. The summed E-state index contributed by atoms with van der Waals surface area (Å²) in [6.07, 6.45) is 1.31. The summed E-state index contributed by atoms with van der Waals surface area (Å²) >= 11 is 3.22. The molecule has 0 unspecified atom stereocenters. The van der Waals surface area contributed by atoms with E-state index in [2.05, 4.69) is 20.9 Å². The van der Waals surface area contributed by atoms with Crippen molar-refractivity contribution in [2.75, 3.05) is 5.73 Å². The summed E-state index contributed by atoms with van der Waals surface area (Å²) in [6, 6.07) is 1.36. The fourth-order valence-electron chi connectivity index (χ4n) is 1.20. The Hall–Kier alpha value is -1.10. The molecular formula is C8H7BrFN3. The van der Waals surface area contributed by atoms with E-state index < -0.39 is 0 Å². The molecule has 2 aromatic heterocycles. The fourth-order valence-corrected chi connectivity index (χ4v) is 1.70. The Balaban J connectivity index is 2.94. The van der Waals surface area contributed by atoms with Crippen molar-refractivity contribution in [3.63, 3.8) is 0 Å². The molecule has 0 aliphatic heterocycles. The lowest BCUT2D eigenvalue weighted by Gasteiger charge is -1.98. The highest BCUT2D eigenvalue weighted by atomic mass is 79.9. The van der Waals surface area contributed by atoms with Gasteiger partial charge in [0.25, 0.3) is 0 Å². The van der Waals surface area contributed by atoms with Gasteiger partial charge in [-0.25, -0.2) is 9.37 Å². The predicted molar refractivity (Wildman–Crippen MR) is 52.0 cm³/mol. The number of nitrogens with two attached hydrogens (primary N) is 1.